The number of aliphatic hydroxyl groups excluding tert-OH is 1. The van der Waals surface area contributed by atoms with E-state index in [0.717, 1.165) is 10.6 Å². The number of nitriles is 1. The molecular formula is C17H18N4O2S. The number of carbonyl (C=O) groups is 1. The Hall–Kier alpha value is -2.27. The molecule has 3 heterocycles. The normalized spacial score (nSPS) is 17.5. The van der Waals surface area contributed by atoms with Gasteiger partial charge in [0.15, 0.2) is 0 Å². The molecule has 24 heavy (non-hydrogen) atoms. The molecule has 6 nitrogen and oxygen atoms in total. The molecule has 0 saturated carbocycles. The van der Waals surface area contributed by atoms with Crippen LogP contribution in [0.15, 0.2) is 36.0 Å². The lowest BCUT2D eigenvalue weighted by Gasteiger charge is -2.27. The first kappa shape index (κ1) is 16.6. The molecule has 1 fully saturated rings. The number of nitrogens with zero attached hydrogens (tertiary/aromatic N) is 4. The van der Waals surface area contributed by atoms with Crippen molar-refractivity contribution >= 4 is 22.2 Å². The van der Waals surface area contributed by atoms with Crippen LogP contribution in [0, 0.1) is 11.3 Å². The molecule has 0 spiro atoms. The van der Waals surface area contributed by atoms with Crippen molar-refractivity contribution in [1.82, 2.24) is 9.88 Å². The van der Waals surface area contributed by atoms with E-state index < -0.39 is 0 Å². The molecule has 1 aliphatic heterocycles. The third kappa shape index (κ3) is 3.31. The Morgan fingerprint density at radius 1 is 1.50 bits per heavy atom. The third-order valence-electron chi connectivity index (χ3n) is 4.12. The first-order valence-electron chi connectivity index (χ1n) is 7.77. The van der Waals surface area contributed by atoms with Crippen LogP contribution in [-0.4, -0.2) is 46.6 Å². The summed E-state index contributed by atoms with van der Waals surface area (Å²) in [6, 6.07) is 7.41. The van der Waals surface area contributed by atoms with E-state index >= 15 is 0 Å². The van der Waals surface area contributed by atoms with Gasteiger partial charge in [-0.05, 0) is 29.5 Å². The molecule has 0 radical (unpaired) electrons. The molecule has 1 N–H and O–H groups in total. The fourth-order valence-corrected chi connectivity index (χ4v) is 3.88. The fourth-order valence-electron chi connectivity index (χ4n) is 3.00. The van der Waals surface area contributed by atoms with Gasteiger partial charge in [0.1, 0.15) is 11.1 Å². The zero-order chi connectivity index (χ0) is 16.9. The number of amides is 1. The standard InChI is InChI=1S/C17H18N4O2S/c18-10-14-4-9-24-17(14)21-6-3-15(16(21)23)20(7-8-22)12-13-2-1-5-19-11-13/h1-2,4-5,9,11,15,22H,3,6-8,12H2. The highest BCUT2D eigenvalue weighted by molar-refractivity contribution is 7.14. The summed E-state index contributed by atoms with van der Waals surface area (Å²) in [5.41, 5.74) is 1.54. The first-order chi connectivity index (χ1) is 11.7. The highest BCUT2D eigenvalue weighted by atomic mass is 32.1. The molecule has 1 saturated heterocycles. The molecular weight excluding hydrogens is 324 g/mol. The molecule has 2 aromatic heterocycles. The van der Waals surface area contributed by atoms with Crippen molar-refractivity contribution in [2.45, 2.75) is 19.0 Å². The molecule has 7 heteroatoms. The highest BCUT2D eigenvalue weighted by Crippen LogP contribution is 2.32. The van der Waals surface area contributed by atoms with E-state index in [0.29, 0.717) is 31.6 Å². The summed E-state index contributed by atoms with van der Waals surface area (Å²) < 4.78 is 0. The van der Waals surface area contributed by atoms with Crippen LogP contribution in [0.1, 0.15) is 17.5 Å². The summed E-state index contributed by atoms with van der Waals surface area (Å²) in [5.74, 6) is -0.00806. The molecule has 2 aromatic rings. The van der Waals surface area contributed by atoms with Crippen LogP contribution in [0.5, 0.6) is 0 Å². The van der Waals surface area contributed by atoms with Gasteiger partial charge in [0.05, 0.1) is 18.2 Å². The summed E-state index contributed by atoms with van der Waals surface area (Å²) in [5, 5.41) is 21.1. The van der Waals surface area contributed by atoms with Crippen LogP contribution in [0.25, 0.3) is 0 Å². The predicted octanol–water partition coefficient (Wildman–Crippen LogP) is 1.61. The lowest BCUT2D eigenvalue weighted by molar-refractivity contribution is -0.122. The lowest BCUT2D eigenvalue weighted by atomic mass is 10.1. The molecule has 1 amide bonds. The van der Waals surface area contributed by atoms with Gasteiger partial charge in [0.25, 0.3) is 0 Å². The zero-order valence-electron chi connectivity index (χ0n) is 13.1. The van der Waals surface area contributed by atoms with E-state index in [2.05, 4.69) is 11.1 Å². The summed E-state index contributed by atoms with van der Waals surface area (Å²) in [6.45, 7) is 1.57. The lowest BCUT2D eigenvalue weighted by Crippen LogP contribution is -2.42. The van der Waals surface area contributed by atoms with Crippen molar-refractivity contribution in [3.8, 4) is 6.07 Å². The number of aromatic nitrogens is 1. The van der Waals surface area contributed by atoms with Crippen LogP contribution >= 0.6 is 11.3 Å². The highest BCUT2D eigenvalue weighted by Gasteiger charge is 2.37. The number of anilines is 1. The SMILES string of the molecule is N#Cc1ccsc1N1CCC(N(CCO)Cc2cccnc2)C1=O. The van der Waals surface area contributed by atoms with E-state index in [1.165, 1.54) is 11.3 Å². The van der Waals surface area contributed by atoms with Crippen LogP contribution in [0.2, 0.25) is 0 Å². The van der Waals surface area contributed by atoms with Crippen LogP contribution < -0.4 is 4.90 Å². The van der Waals surface area contributed by atoms with Crippen LogP contribution in [0.3, 0.4) is 0 Å². The van der Waals surface area contributed by atoms with Gasteiger partial charge in [-0.3, -0.25) is 14.7 Å². The van der Waals surface area contributed by atoms with E-state index in [1.54, 1.807) is 23.4 Å². The van der Waals surface area contributed by atoms with Crippen molar-refractivity contribution in [2.75, 3.05) is 24.6 Å². The number of hydrogen-bond donors (Lipinski definition) is 1. The van der Waals surface area contributed by atoms with Crippen molar-refractivity contribution in [2.24, 2.45) is 0 Å². The van der Waals surface area contributed by atoms with Crippen LogP contribution in [-0.2, 0) is 11.3 Å². The molecule has 1 aliphatic rings. The van der Waals surface area contributed by atoms with Gasteiger partial charge in [-0.15, -0.1) is 11.3 Å². The summed E-state index contributed by atoms with van der Waals surface area (Å²) in [6.07, 6.45) is 4.17. The summed E-state index contributed by atoms with van der Waals surface area (Å²) in [7, 11) is 0. The summed E-state index contributed by atoms with van der Waals surface area (Å²) in [4.78, 5) is 20.6. The van der Waals surface area contributed by atoms with Gasteiger partial charge in [-0.1, -0.05) is 6.07 Å². The van der Waals surface area contributed by atoms with Gasteiger partial charge in [-0.25, -0.2) is 0 Å². The number of hydrogen-bond acceptors (Lipinski definition) is 6. The van der Waals surface area contributed by atoms with Crippen LogP contribution in [0.4, 0.5) is 5.00 Å². The molecule has 1 atom stereocenters. The predicted molar refractivity (Wildman–Crippen MR) is 91.5 cm³/mol. The Morgan fingerprint density at radius 2 is 2.38 bits per heavy atom. The molecule has 0 aliphatic carbocycles. The fraction of sp³-hybridized carbons (Fsp3) is 0.353. The minimum absolute atomic E-state index is 0.00745. The van der Waals surface area contributed by atoms with Gasteiger partial charge >= 0.3 is 0 Å². The third-order valence-corrected chi connectivity index (χ3v) is 5.06. The Kier molecular flexibility index (Phi) is 5.20. The Bertz CT molecular complexity index is 741. The van der Waals surface area contributed by atoms with Gasteiger partial charge in [-0.2, -0.15) is 5.26 Å². The Balaban J connectivity index is 1.77. The molecule has 0 aromatic carbocycles. The molecule has 1 unspecified atom stereocenters. The minimum atomic E-state index is -0.286. The van der Waals surface area contributed by atoms with Gasteiger partial charge in [0, 0.05) is 32.0 Å². The Labute approximate surface area is 144 Å². The van der Waals surface area contributed by atoms with Crippen molar-refractivity contribution in [3.63, 3.8) is 0 Å². The number of rotatable bonds is 6. The number of carbonyl (C=O) groups excluding carboxylic acids is 1. The van der Waals surface area contributed by atoms with E-state index in [9.17, 15) is 15.2 Å². The number of aliphatic hydroxyl groups is 1. The van der Waals surface area contributed by atoms with E-state index in [1.807, 2.05) is 22.4 Å². The largest absolute Gasteiger partial charge is 0.395 e. The average molecular weight is 342 g/mol. The van der Waals surface area contributed by atoms with Crippen molar-refractivity contribution < 1.29 is 9.90 Å². The smallest absolute Gasteiger partial charge is 0.245 e. The maximum Gasteiger partial charge on any atom is 0.245 e. The van der Waals surface area contributed by atoms with Gasteiger partial charge in [0.2, 0.25) is 5.91 Å². The van der Waals surface area contributed by atoms with Gasteiger partial charge < -0.3 is 10.0 Å². The zero-order valence-corrected chi connectivity index (χ0v) is 13.9. The van der Waals surface area contributed by atoms with Crippen molar-refractivity contribution in [3.05, 3.63) is 47.1 Å². The Morgan fingerprint density at radius 3 is 3.08 bits per heavy atom. The second kappa shape index (κ2) is 7.53. The second-order valence-electron chi connectivity index (χ2n) is 5.60. The van der Waals surface area contributed by atoms with Crippen molar-refractivity contribution in [1.29, 1.82) is 5.26 Å². The quantitative estimate of drug-likeness (QED) is 0.863. The minimum Gasteiger partial charge on any atom is -0.395 e. The molecule has 124 valence electrons. The topological polar surface area (TPSA) is 80.5 Å². The number of thiophene rings is 1. The maximum atomic E-state index is 12.9. The van der Waals surface area contributed by atoms with E-state index in [4.69, 9.17) is 0 Å². The maximum absolute atomic E-state index is 12.9. The van der Waals surface area contributed by atoms with E-state index in [-0.39, 0.29) is 18.6 Å². The first-order valence-corrected chi connectivity index (χ1v) is 8.65. The molecule has 3 rings (SSSR count). The molecule has 0 bridgehead atoms. The monoisotopic (exact) mass is 342 g/mol. The second-order valence-corrected chi connectivity index (χ2v) is 6.50. The number of pyridine rings is 1. The summed E-state index contributed by atoms with van der Waals surface area (Å²) >= 11 is 1.41. The average Bonchev–Trinajstić information content (AvgIpc) is 3.21.